The second-order valence-corrected chi connectivity index (χ2v) is 17.1. The number of ether oxygens (including phenoxy) is 3. The fourth-order valence-corrected chi connectivity index (χ4v) is 7.44. The largest absolute Gasteiger partial charge is 0.462 e. The van der Waals surface area contributed by atoms with Gasteiger partial charge in [0, 0.05) is 19.3 Å². The molecular formula is C51H96O6. The molecule has 57 heavy (non-hydrogen) atoms. The van der Waals surface area contributed by atoms with Crippen LogP contribution < -0.4 is 0 Å². The Morgan fingerprint density at radius 2 is 0.579 bits per heavy atom. The average Bonchev–Trinajstić information content (AvgIpc) is 3.21. The first-order chi connectivity index (χ1) is 28.0. The summed E-state index contributed by atoms with van der Waals surface area (Å²) in [7, 11) is 0. The summed E-state index contributed by atoms with van der Waals surface area (Å²) in [4.78, 5) is 37.5. The van der Waals surface area contributed by atoms with Crippen molar-refractivity contribution in [1.29, 1.82) is 0 Å². The molecule has 1 atom stereocenters. The van der Waals surface area contributed by atoms with E-state index in [1.807, 2.05) is 0 Å². The summed E-state index contributed by atoms with van der Waals surface area (Å²) in [5.41, 5.74) is 0. The van der Waals surface area contributed by atoms with Gasteiger partial charge >= 0.3 is 17.9 Å². The van der Waals surface area contributed by atoms with E-state index >= 15 is 0 Å². The Hall–Kier alpha value is -1.85. The molecule has 0 amide bonds. The van der Waals surface area contributed by atoms with Crippen LogP contribution in [0.25, 0.3) is 0 Å². The Balaban J connectivity index is 3.96. The van der Waals surface area contributed by atoms with E-state index in [9.17, 15) is 14.4 Å². The molecule has 6 heteroatoms. The maximum absolute atomic E-state index is 12.6. The van der Waals surface area contributed by atoms with E-state index in [4.69, 9.17) is 14.2 Å². The van der Waals surface area contributed by atoms with Crippen molar-refractivity contribution in [2.24, 2.45) is 0 Å². The first kappa shape index (κ1) is 55.2. The van der Waals surface area contributed by atoms with Crippen LogP contribution in [0.1, 0.15) is 278 Å². The zero-order valence-electron chi connectivity index (χ0n) is 38.4. The summed E-state index contributed by atoms with van der Waals surface area (Å²) in [5.74, 6) is -0.871. The predicted octanol–water partition coefficient (Wildman–Crippen LogP) is 16.2. The molecule has 0 aromatic rings. The molecule has 6 nitrogen and oxygen atoms in total. The van der Waals surface area contributed by atoms with Crippen molar-refractivity contribution >= 4 is 17.9 Å². The van der Waals surface area contributed by atoms with Crippen molar-refractivity contribution in [2.75, 3.05) is 13.2 Å². The summed E-state index contributed by atoms with van der Waals surface area (Å²) in [6.07, 6.45) is 51.0. The third-order valence-corrected chi connectivity index (χ3v) is 11.3. The number of carbonyl (C=O) groups excluding carboxylic acids is 3. The smallest absolute Gasteiger partial charge is 0.306 e. The van der Waals surface area contributed by atoms with Crippen molar-refractivity contribution in [1.82, 2.24) is 0 Å². The molecule has 0 aliphatic carbocycles. The van der Waals surface area contributed by atoms with Crippen LogP contribution in [0.2, 0.25) is 0 Å². The van der Waals surface area contributed by atoms with Gasteiger partial charge in [0.05, 0.1) is 0 Å². The number of allylic oxidation sites excluding steroid dienone is 2. The zero-order chi connectivity index (χ0) is 41.5. The summed E-state index contributed by atoms with van der Waals surface area (Å²) < 4.78 is 16.6. The van der Waals surface area contributed by atoms with Crippen molar-refractivity contribution in [3.8, 4) is 0 Å². The van der Waals surface area contributed by atoms with Crippen molar-refractivity contribution in [3.05, 3.63) is 12.2 Å². The van der Waals surface area contributed by atoms with Gasteiger partial charge in [0.1, 0.15) is 13.2 Å². The minimum Gasteiger partial charge on any atom is -0.462 e. The van der Waals surface area contributed by atoms with E-state index in [2.05, 4.69) is 32.9 Å². The Morgan fingerprint density at radius 3 is 0.877 bits per heavy atom. The Bertz CT molecular complexity index is 885. The van der Waals surface area contributed by atoms with E-state index in [0.29, 0.717) is 19.3 Å². The topological polar surface area (TPSA) is 78.9 Å². The van der Waals surface area contributed by atoms with E-state index in [0.717, 1.165) is 57.8 Å². The van der Waals surface area contributed by atoms with E-state index in [-0.39, 0.29) is 31.1 Å². The van der Waals surface area contributed by atoms with Crippen molar-refractivity contribution in [3.63, 3.8) is 0 Å². The van der Waals surface area contributed by atoms with Gasteiger partial charge in [0.15, 0.2) is 6.10 Å². The minimum absolute atomic E-state index is 0.0664. The van der Waals surface area contributed by atoms with Gasteiger partial charge in [-0.25, -0.2) is 0 Å². The van der Waals surface area contributed by atoms with Crippen LogP contribution in [-0.2, 0) is 28.6 Å². The van der Waals surface area contributed by atoms with E-state index in [1.165, 1.54) is 180 Å². The van der Waals surface area contributed by atoms with Gasteiger partial charge in [0.2, 0.25) is 0 Å². The SMILES string of the molecule is CCCCCCCCCC/C=C\CCCCCCCCCCCCCCCC(=O)OCC(COC(=O)CCCCCCCC)OC(=O)CCCCCCCCCC. The molecule has 336 valence electrons. The second-order valence-electron chi connectivity index (χ2n) is 17.1. The van der Waals surface area contributed by atoms with E-state index < -0.39 is 6.10 Å². The van der Waals surface area contributed by atoms with Crippen LogP contribution in [0.3, 0.4) is 0 Å². The maximum atomic E-state index is 12.6. The molecule has 0 radical (unpaired) electrons. The zero-order valence-corrected chi connectivity index (χ0v) is 38.4. The Morgan fingerprint density at radius 1 is 0.333 bits per heavy atom. The molecule has 0 aliphatic rings. The number of esters is 3. The monoisotopic (exact) mass is 805 g/mol. The third kappa shape index (κ3) is 45.1. The average molecular weight is 805 g/mol. The molecule has 0 aromatic heterocycles. The Kier molecular flexibility index (Phi) is 45.3. The van der Waals surface area contributed by atoms with Gasteiger partial charge in [-0.3, -0.25) is 14.4 Å². The quantitative estimate of drug-likeness (QED) is 0.0264. The van der Waals surface area contributed by atoms with Crippen LogP contribution in [0, 0.1) is 0 Å². The molecule has 0 aromatic carbocycles. The van der Waals surface area contributed by atoms with Gasteiger partial charge in [0.25, 0.3) is 0 Å². The molecule has 0 aliphatic heterocycles. The maximum Gasteiger partial charge on any atom is 0.306 e. The number of unbranched alkanes of at least 4 members (excludes halogenated alkanes) is 33. The van der Waals surface area contributed by atoms with E-state index in [1.54, 1.807) is 0 Å². The summed E-state index contributed by atoms with van der Waals surface area (Å²) >= 11 is 0. The standard InChI is InChI=1S/C51H96O6/c1-4-7-10-13-16-18-19-20-21-22-23-24-25-26-27-28-29-30-31-32-33-34-36-38-41-44-50(53)56-47-48(46-55-49(52)43-40-37-15-12-9-6-3)57-51(54)45-42-39-35-17-14-11-8-5-2/h22-23,48H,4-21,24-47H2,1-3H3/b23-22-. The lowest BCUT2D eigenvalue weighted by Crippen LogP contribution is -2.30. The highest BCUT2D eigenvalue weighted by Gasteiger charge is 2.19. The lowest BCUT2D eigenvalue weighted by Gasteiger charge is -2.18. The first-order valence-electron chi connectivity index (χ1n) is 25.2. The molecule has 1 unspecified atom stereocenters. The van der Waals surface area contributed by atoms with Gasteiger partial charge < -0.3 is 14.2 Å². The van der Waals surface area contributed by atoms with Crippen molar-refractivity contribution in [2.45, 2.75) is 284 Å². The molecular weight excluding hydrogens is 709 g/mol. The van der Waals surface area contributed by atoms with Gasteiger partial charge in [-0.05, 0) is 44.9 Å². The first-order valence-corrected chi connectivity index (χ1v) is 25.2. The normalized spacial score (nSPS) is 12.0. The second kappa shape index (κ2) is 46.8. The molecule has 0 bridgehead atoms. The van der Waals surface area contributed by atoms with Gasteiger partial charge in [-0.15, -0.1) is 0 Å². The molecule has 0 saturated heterocycles. The van der Waals surface area contributed by atoms with Crippen molar-refractivity contribution < 1.29 is 28.6 Å². The number of hydrogen-bond acceptors (Lipinski definition) is 6. The molecule has 0 N–H and O–H groups in total. The highest BCUT2D eigenvalue weighted by Crippen LogP contribution is 2.16. The number of hydrogen-bond donors (Lipinski definition) is 0. The molecule has 0 fully saturated rings. The van der Waals surface area contributed by atoms with Crippen LogP contribution >= 0.6 is 0 Å². The van der Waals surface area contributed by atoms with Crippen LogP contribution in [-0.4, -0.2) is 37.2 Å². The minimum atomic E-state index is -0.759. The van der Waals surface area contributed by atoms with Gasteiger partial charge in [-0.2, -0.15) is 0 Å². The predicted molar refractivity (Wildman–Crippen MR) is 243 cm³/mol. The number of rotatable bonds is 46. The molecule has 0 saturated carbocycles. The number of carbonyl (C=O) groups is 3. The lowest BCUT2D eigenvalue weighted by molar-refractivity contribution is -0.167. The lowest BCUT2D eigenvalue weighted by atomic mass is 10.0. The summed E-state index contributed by atoms with van der Waals surface area (Å²) in [6.45, 7) is 6.57. The van der Waals surface area contributed by atoms with Crippen LogP contribution in [0.5, 0.6) is 0 Å². The fraction of sp³-hybridized carbons (Fsp3) is 0.902. The summed E-state index contributed by atoms with van der Waals surface area (Å²) in [6, 6.07) is 0. The Labute approximate surface area is 354 Å². The molecule has 0 heterocycles. The third-order valence-electron chi connectivity index (χ3n) is 11.3. The fourth-order valence-electron chi connectivity index (χ4n) is 7.44. The molecule has 0 rings (SSSR count). The highest BCUT2D eigenvalue weighted by molar-refractivity contribution is 5.71. The van der Waals surface area contributed by atoms with Crippen LogP contribution in [0.15, 0.2) is 12.2 Å². The van der Waals surface area contributed by atoms with Gasteiger partial charge in [-0.1, -0.05) is 226 Å². The highest BCUT2D eigenvalue weighted by atomic mass is 16.6. The van der Waals surface area contributed by atoms with Crippen LogP contribution in [0.4, 0.5) is 0 Å². The summed E-state index contributed by atoms with van der Waals surface area (Å²) in [5, 5.41) is 0. The molecule has 0 spiro atoms.